The Morgan fingerprint density at radius 1 is 1.53 bits per heavy atom. The molecule has 0 N–H and O–H groups in total. The van der Waals surface area contributed by atoms with Crippen molar-refractivity contribution in [2.45, 2.75) is 31.6 Å². The molecule has 0 amide bonds. The molecule has 5 heteroatoms. The van der Waals surface area contributed by atoms with E-state index in [0.717, 1.165) is 18.5 Å². The highest BCUT2D eigenvalue weighted by Crippen LogP contribution is 2.20. The van der Waals surface area contributed by atoms with E-state index in [4.69, 9.17) is 27.9 Å². The smallest absolute Gasteiger partial charge is 0.316 e. The van der Waals surface area contributed by atoms with Gasteiger partial charge < -0.3 is 4.74 Å². The molecule has 84 valence electrons. The Kier molecular flexibility index (Phi) is 5.12. The molecule has 0 aliphatic heterocycles. The van der Waals surface area contributed by atoms with Crippen molar-refractivity contribution < 1.29 is 4.74 Å². The number of rotatable bonds is 5. The van der Waals surface area contributed by atoms with Gasteiger partial charge in [-0.15, -0.1) is 11.6 Å². The Labute approximate surface area is 99.8 Å². The first kappa shape index (κ1) is 12.5. The summed E-state index contributed by atoms with van der Waals surface area (Å²) in [5.74, 6) is 0. The fraction of sp³-hybridized carbons (Fsp3) is 0.600. The zero-order valence-electron chi connectivity index (χ0n) is 8.83. The van der Waals surface area contributed by atoms with E-state index in [1.165, 1.54) is 13.3 Å². The monoisotopic (exact) mass is 248 g/mol. The lowest BCUT2D eigenvalue weighted by atomic mass is 10.1. The van der Waals surface area contributed by atoms with E-state index in [2.05, 4.69) is 16.9 Å². The zero-order chi connectivity index (χ0) is 11.3. The van der Waals surface area contributed by atoms with Crippen molar-refractivity contribution in [1.82, 2.24) is 9.97 Å². The van der Waals surface area contributed by atoms with E-state index >= 15 is 0 Å². The van der Waals surface area contributed by atoms with Crippen LogP contribution in [0.25, 0.3) is 0 Å². The highest BCUT2D eigenvalue weighted by Gasteiger charge is 2.11. The summed E-state index contributed by atoms with van der Waals surface area (Å²) in [6.45, 7) is 2.09. The molecular weight excluding hydrogens is 235 g/mol. The average molecular weight is 249 g/mol. The van der Waals surface area contributed by atoms with Gasteiger partial charge in [0, 0.05) is 11.8 Å². The van der Waals surface area contributed by atoms with Crippen LogP contribution in [-0.4, -0.2) is 22.5 Å². The van der Waals surface area contributed by atoms with Gasteiger partial charge in [0.05, 0.1) is 24.0 Å². The number of hydrogen-bond acceptors (Lipinski definition) is 3. The van der Waals surface area contributed by atoms with E-state index in [9.17, 15) is 0 Å². The third kappa shape index (κ3) is 3.84. The maximum atomic E-state index is 6.12. The first-order valence-electron chi connectivity index (χ1n) is 4.86. The molecule has 0 bridgehead atoms. The van der Waals surface area contributed by atoms with Crippen molar-refractivity contribution in [3.05, 3.63) is 16.9 Å². The number of ether oxygens (including phenoxy) is 1. The van der Waals surface area contributed by atoms with Gasteiger partial charge in [0.15, 0.2) is 0 Å². The zero-order valence-corrected chi connectivity index (χ0v) is 10.3. The molecule has 0 saturated carbocycles. The van der Waals surface area contributed by atoms with Gasteiger partial charge in [0.1, 0.15) is 0 Å². The van der Waals surface area contributed by atoms with Crippen molar-refractivity contribution in [2.75, 3.05) is 7.11 Å². The predicted molar refractivity (Wildman–Crippen MR) is 61.8 cm³/mol. The molecule has 1 unspecified atom stereocenters. The standard InChI is InChI=1S/C10H14Cl2N2O/c1-3-4-7(11)5-9-8(12)6-13-10(14-9)15-2/h6-7H,3-5H2,1-2H3. The van der Waals surface area contributed by atoms with E-state index in [-0.39, 0.29) is 5.38 Å². The molecule has 1 rings (SSSR count). The second kappa shape index (κ2) is 6.13. The van der Waals surface area contributed by atoms with Crippen LogP contribution >= 0.6 is 23.2 Å². The first-order chi connectivity index (χ1) is 7.17. The van der Waals surface area contributed by atoms with E-state index in [1.54, 1.807) is 0 Å². The van der Waals surface area contributed by atoms with Crippen LogP contribution in [0.1, 0.15) is 25.5 Å². The van der Waals surface area contributed by atoms with Crippen molar-refractivity contribution in [1.29, 1.82) is 0 Å². The van der Waals surface area contributed by atoms with E-state index in [1.807, 2.05) is 0 Å². The number of halogens is 2. The van der Waals surface area contributed by atoms with Gasteiger partial charge in [-0.3, -0.25) is 0 Å². The Morgan fingerprint density at radius 2 is 2.27 bits per heavy atom. The van der Waals surface area contributed by atoms with Crippen LogP contribution in [-0.2, 0) is 6.42 Å². The van der Waals surface area contributed by atoms with Gasteiger partial charge in [0.25, 0.3) is 0 Å². The normalized spacial score (nSPS) is 12.5. The van der Waals surface area contributed by atoms with Crippen LogP contribution < -0.4 is 4.74 Å². The number of methoxy groups -OCH3 is 1. The molecule has 15 heavy (non-hydrogen) atoms. The fourth-order valence-electron chi connectivity index (χ4n) is 1.25. The van der Waals surface area contributed by atoms with Crippen LogP contribution in [0.4, 0.5) is 0 Å². The fourth-order valence-corrected chi connectivity index (χ4v) is 1.78. The lowest BCUT2D eigenvalue weighted by Gasteiger charge is -2.09. The topological polar surface area (TPSA) is 35.0 Å². The quantitative estimate of drug-likeness (QED) is 0.752. The average Bonchev–Trinajstić information content (AvgIpc) is 2.21. The van der Waals surface area contributed by atoms with Crippen molar-refractivity contribution in [3.63, 3.8) is 0 Å². The molecule has 3 nitrogen and oxygen atoms in total. The summed E-state index contributed by atoms with van der Waals surface area (Å²) < 4.78 is 4.93. The molecule has 0 aliphatic rings. The minimum absolute atomic E-state index is 0.0621. The number of aromatic nitrogens is 2. The van der Waals surface area contributed by atoms with Gasteiger partial charge in [-0.1, -0.05) is 24.9 Å². The maximum Gasteiger partial charge on any atom is 0.316 e. The van der Waals surface area contributed by atoms with Gasteiger partial charge >= 0.3 is 6.01 Å². The Morgan fingerprint density at radius 3 is 2.87 bits per heavy atom. The van der Waals surface area contributed by atoms with E-state index < -0.39 is 0 Å². The number of hydrogen-bond donors (Lipinski definition) is 0. The summed E-state index contributed by atoms with van der Waals surface area (Å²) in [6, 6.07) is 0.328. The molecule has 0 spiro atoms. The minimum Gasteiger partial charge on any atom is -0.467 e. The molecular formula is C10H14Cl2N2O. The third-order valence-corrected chi connectivity index (χ3v) is 2.68. The minimum atomic E-state index is 0.0621. The van der Waals surface area contributed by atoms with Gasteiger partial charge in [-0.05, 0) is 6.42 Å². The summed E-state index contributed by atoms with van der Waals surface area (Å²) >= 11 is 12.1. The highest BCUT2D eigenvalue weighted by atomic mass is 35.5. The molecule has 1 heterocycles. The second-order valence-electron chi connectivity index (χ2n) is 3.24. The Bertz CT molecular complexity index is 320. The molecule has 1 aromatic heterocycles. The number of alkyl halides is 1. The van der Waals surface area contributed by atoms with Crippen LogP contribution in [0.2, 0.25) is 5.02 Å². The van der Waals surface area contributed by atoms with Crippen LogP contribution in [0.3, 0.4) is 0 Å². The summed E-state index contributed by atoms with van der Waals surface area (Å²) in [6.07, 6.45) is 4.18. The lowest BCUT2D eigenvalue weighted by Crippen LogP contribution is -2.06. The van der Waals surface area contributed by atoms with Crippen molar-refractivity contribution in [3.8, 4) is 6.01 Å². The summed E-state index contributed by atoms with van der Waals surface area (Å²) in [4.78, 5) is 8.07. The second-order valence-corrected chi connectivity index (χ2v) is 4.27. The summed E-state index contributed by atoms with van der Waals surface area (Å²) in [5.41, 5.74) is 0.747. The first-order valence-corrected chi connectivity index (χ1v) is 5.68. The van der Waals surface area contributed by atoms with E-state index in [0.29, 0.717) is 17.5 Å². The summed E-state index contributed by atoms with van der Waals surface area (Å²) in [7, 11) is 1.53. The van der Waals surface area contributed by atoms with Crippen LogP contribution in [0, 0.1) is 0 Å². The molecule has 0 aromatic carbocycles. The third-order valence-electron chi connectivity index (χ3n) is 1.99. The Balaban J connectivity index is 2.74. The lowest BCUT2D eigenvalue weighted by molar-refractivity contribution is 0.378. The van der Waals surface area contributed by atoms with Crippen molar-refractivity contribution >= 4 is 23.2 Å². The SMILES string of the molecule is CCCC(Cl)Cc1nc(OC)ncc1Cl. The molecule has 0 radical (unpaired) electrons. The maximum absolute atomic E-state index is 6.12. The summed E-state index contributed by atoms with van der Waals surface area (Å²) in [5, 5.41) is 0.602. The number of nitrogens with zero attached hydrogens (tertiary/aromatic N) is 2. The molecule has 1 aromatic rings. The molecule has 1 atom stereocenters. The highest BCUT2D eigenvalue weighted by molar-refractivity contribution is 6.31. The molecule has 0 fully saturated rings. The van der Waals surface area contributed by atoms with Crippen LogP contribution in [0.15, 0.2) is 6.20 Å². The predicted octanol–water partition coefficient (Wildman–Crippen LogP) is 3.09. The van der Waals surface area contributed by atoms with Crippen molar-refractivity contribution in [2.24, 2.45) is 0 Å². The molecule has 0 aliphatic carbocycles. The van der Waals surface area contributed by atoms with Gasteiger partial charge in [-0.2, -0.15) is 4.98 Å². The molecule has 0 saturated heterocycles. The van der Waals surface area contributed by atoms with Crippen LogP contribution in [0.5, 0.6) is 6.01 Å². The van der Waals surface area contributed by atoms with Gasteiger partial charge in [0.2, 0.25) is 0 Å². The Hall–Kier alpha value is -0.540. The van der Waals surface area contributed by atoms with Gasteiger partial charge in [-0.25, -0.2) is 4.98 Å². The largest absolute Gasteiger partial charge is 0.467 e.